The van der Waals surface area contributed by atoms with Crippen molar-refractivity contribution < 1.29 is 4.42 Å². The van der Waals surface area contributed by atoms with E-state index in [1.165, 1.54) is 0 Å². The Morgan fingerprint density at radius 3 is 2.85 bits per heavy atom. The number of aromatic nitrogens is 2. The topological polar surface area (TPSA) is 31.0 Å². The summed E-state index contributed by atoms with van der Waals surface area (Å²) in [6.07, 6.45) is 2.48. The summed E-state index contributed by atoms with van der Waals surface area (Å²) in [5, 5.41) is 0.480. The van der Waals surface area contributed by atoms with Crippen LogP contribution in [0.25, 0.3) is 11.0 Å². The van der Waals surface area contributed by atoms with Gasteiger partial charge in [-0.3, -0.25) is 0 Å². The van der Waals surface area contributed by atoms with Gasteiger partial charge >= 0.3 is 0 Å². The van der Waals surface area contributed by atoms with E-state index in [1.807, 2.05) is 37.3 Å². The van der Waals surface area contributed by atoms with Crippen LogP contribution in [0, 0.1) is 0 Å². The lowest BCUT2D eigenvalue weighted by molar-refractivity contribution is 0.490. The van der Waals surface area contributed by atoms with Crippen LogP contribution in [-0.4, -0.2) is 9.55 Å². The van der Waals surface area contributed by atoms with E-state index in [0.717, 1.165) is 35.6 Å². The average Bonchev–Trinajstić information content (AvgIpc) is 3.03. The van der Waals surface area contributed by atoms with E-state index in [9.17, 15) is 0 Å². The molecule has 0 saturated heterocycles. The molecule has 1 aromatic carbocycles. The molecule has 3 nitrogen and oxygen atoms in total. The monoisotopic (exact) mass is 308 g/mol. The summed E-state index contributed by atoms with van der Waals surface area (Å²) in [5.74, 6) is 1.78. The third-order valence-electron chi connectivity index (χ3n) is 3.28. The van der Waals surface area contributed by atoms with Crippen LogP contribution in [0.3, 0.4) is 0 Å². The first-order valence-corrected chi connectivity index (χ1v) is 7.29. The molecule has 0 bridgehead atoms. The number of benzene rings is 1. The van der Waals surface area contributed by atoms with Crippen molar-refractivity contribution in [2.24, 2.45) is 0 Å². The van der Waals surface area contributed by atoms with Crippen LogP contribution >= 0.6 is 23.2 Å². The maximum absolute atomic E-state index is 6.24. The smallest absolute Gasteiger partial charge is 0.127 e. The Balaban J connectivity index is 2.02. The van der Waals surface area contributed by atoms with Gasteiger partial charge in [0.15, 0.2) is 0 Å². The highest BCUT2D eigenvalue weighted by atomic mass is 35.5. The Kier molecular flexibility index (Phi) is 3.72. The van der Waals surface area contributed by atoms with Gasteiger partial charge in [-0.15, -0.1) is 11.6 Å². The SMILES string of the molecule is CC(Cl)c1nc2c(Cl)cccc2n1CCc1ccco1. The number of para-hydroxylation sites is 1. The van der Waals surface area contributed by atoms with Gasteiger partial charge < -0.3 is 8.98 Å². The second kappa shape index (κ2) is 5.51. The highest BCUT2D eigenvalue weighted by Gasteiger charge is 2.16. The maximum atomic E-state index is 6.24. The predicted molar refractivity (Wildman–Crippen MR) is 81.4 cm³/mol. The van der Waals surface area contributed by atoms with Gasteiger partial charge in [-0.1, -0.05) is 17.7 Å². The molecule has 1 atom stereocenters. The molecule has 2 heterocycles. The van der Waals surface area contributed by atoms with Crippen molar-refractivity contribution in [2.75, 3.05) is 0 Å². The van der Waals surface area contributed by atoms with Crippen molar-refractivity contribution in [3.05, 3.63) is 53.2 Å². The number of rotatable bonds is 4. The molecule has 0 aliphatic heterocycles. The van der Waals surface area contributed by atoms with E-state index in [2.05, 4.69) is 9.55 Å². The van der Waals surface area contributed by atoms with Crippen molar-refractivity contribution >= 4 is 34.2 Å². The van der Waals surface area contributed by atoms with Crippen molar-refractivity contribution in [3.8, 4) is 0 Å². The second-order valence-electron chi connectivity index (χ2n) is 4.67. The van der Waals surface area contributed by atoms with Gasteiger partial charge in [-0.25, -0.2) is 4.98 Å². The molecule has 104 valence electrons. The van der Waals surface area contributed by atoms with Crippen LogP contribution in [0.2, 0.25) is 5.02 Å². The van der Waals surface area contributed by atoms with Crippen LogP contribution in [0.4, 0.5) is 0 Å². The highest BCUT2D eigenvalue weighted by molar-refractivity contribution is 6.35. The normalized spacial score (nSPS) is 12.9. The van der Waals surface area contributed by atoms with E-state index < -0.39 is 0 Å². The zero-order valence-corrected chi connectivity index (χ0v) is 12.5. The highest BCUT2D eigenvalue weighted by Crippen LogP contribution is 2.29. The fraction of sp³-hybridized carbons (Fsp3) is 0.267. The number of fused-ring (bicyclic) bond motifs is 1. The number of nitrogens with zero attached hydrogens (tertiary/aromatic N) is 2. The molecule has 2 aromatic heterocycles. The number of alkyl halides is 1. The summed E-state index contributed by atoms with van der Waals surface area (Å²) in [6.45, 7) is 2.68. The summed E-state index contributed by atoms with van der Waals surface area (Å²) in [6, 6.07) is 9.65. The lowest BCUT2D eigenvalue weighted by atomic mass is 10.3. The molecule has 1 unspecified atom stereocenters. The Labute approximate surface area is 127 Å². The Morgan fingerprint density at radius 1 is 1.30 bits per heavy atom. The summed E-state index contributed by atoms with van der Waals surface area (Å²) in [5.41, 5.74) is 1.81. The third kappa shape index (κ3) is 2.43. The van der Waals surface area contributed by atoms with E-state index in [-0.39, 0.29) is 5.38 Å². The molecule has 3 aromatic rings. The first-order chi connectivity index (χ1) is 9.66. The van der Waals surface area contributed by atoms with Gasteiger partial charge in [0.05, 0.1) is 22.2 Å². The summed E-state index contributed by atoms with van der Waals surface area (Å²) in [4.78, 5) is 4.58. The minimum atomic E-state index is -0.171. The van der Waals surface area contributed by atoms with Crippen LogP contribution in [0.5, 0.6) is 0 Å². The molecule has 3 rings (SSSR count). The standard InChI is InChI=1S/C15H14Cl2N2O/c1-10(16)15-18-14-12(17)5-2-6-13(14)19(15)8-7-11-4-3-9-20-11/h2-6,9-10H,7-8H2,1H3. The maximum Gasteiger partial charge on any atom is 0.127 e. The summed E-state index contributed by atoms with van der Waals surface area (Å²) < 4.78 is 7.49. The number of furan rings is 1. The number of hydrogen-bond donors (Lipinski definition) is 0. The van der Waals surface area contributed by atoms with Crippen LogP contribution < -0.4 is 0 Å². The van der Waals surface area contributed by atoms with Crippen LogP contribution in [-0.2, 0) is 13.0 Å². The molecular formula is C15H14Cl2N2O. The first kappa shape index (κ1) is 13.5. The summed E-state index contributed by atoms with van der Waals surface area (Å²) >= 11 is 12.5. The Hall–Kier alpha value is -1.45. The molecule has 0 aliphatic rings. The molecule has 0 aliphatic carbocycles. The van der Waals surface area contributed by atoms with Gasteiger partial charge in [0.2, 0.25) is 0 Å². The molecule has 0 saturated carbocycles. The number of halogens is 2. The van der Waals surface area contributed by atoms with Crippen molar-refractivity contribution in [3.63, 3.8) is 0 Å². The van der Waals surface area contributed by atoms with Gasteiger partial charge in [0.25, 0.3) is 0 Å². The third-order valence-corrected chi connectivity index (χ3v) is 3.78. The van der Waals surface area contributed by atoms with Gasteiger partial charge in [0, 0.05) is 13.0 Å². The number of hydrogen-bond acceptors (Lipinski definition) is 2. The van der Waals surface area contributed by atoms with Gasteiger partial charge in [0.1, 0.15) is 17.1 Å². The Morgan fingerprint density at radius 2 is 2.15 bits per heavy atom. The van der Waals surface area contributed by atoms with E-state index in [1.54, 1.807) is 6.26 Å². The van der Waals surface area contributed by atoms with Crippen molar-refractivity contribution in [2.45, 2.75) is 25.3 Å². The molecule has 0 radical (unpaired) electrons. The fourth-order valence-corrected chi connectivity index (χ4v) is 2.72. The van der Waals surface area contributed by atoms with E-state index in [0.29, 0.717) is 5.02 Å². The molecule has 0 spiro atoms. The lowest BCUT2D eigenvalue weighted by Crippen LogP contribution is -2.06. The largest absolute Gasteiger partial charge is 0.469 e. The van der Waals surface area contributed by atoms with Crippen molar-refractivity contribution in [1.82, 2.24) is 9.55 Å². The molecule has 20 heavy (non-hydrogen) atoms. The molecule has 5 heteroatoms. The van der Waals surface area contributed by atoms with E-state index >= 15 is 0 Å². The van der Waals surface area contributed by atoms with Gasteiger partial charge in [-0.05, 0) is 31.2 Å². The zero-order chi connectivity index (χ0) is 14.1. The molecule has 0 N–H and O–H groups in total. The summed E-state index contributed by atoms with van der Waals surface area (Å²) in [7, 11) is 0. The zero-order valence-electron chi connectivity index (χ0n) is 11.0. The van der Waals surface area contributed by atoms with E-state index in [4.69, 9.17) is 27.6 Å². The average molecular weight is 309 g/mol. The molecular weight excluding hydrogens is 295 g/mol. The predicted octanol–water partition coefficient (Wildman–Crippen LogP) is 4.83. The quantitative estimate of drug-likeness (QED) is 0.647. The number of imidazole rings is 1. The lowest BCUT2D eigenvalue weighted by Gasteiger charge is -2.09. The fourth-order valence-electron chi connectivity index (χ4n) is 2.35. The van der Waals surface area contributed by atoms with Crippen LogP contribution in [0.15, 0.2) is 41.0 Å². The second-order valence-corrected chi connectivity index (χ2v) is 5.74. The number of aryl methyl sites for hydroxylation is 2. The molecule has 0 fully saturated rings. The van der Waals surface area contributed by atoms with Gasteiger partial charge in [-0.2, -0.15) is 0 Å². The minimum absolute atomic E-state index is 0.171. The first-order valence-electron chi connectivity index (χ1n) is 6.48. The van der Waals surface area contributed by atoms with Crippen LogP contribution in [0.1, 0.15) is 23.9 Å². The molecule has 0 amide bonds. The minimum Gasteiger partial charge on any atom is -0.469 e. The van der Waals surface area contributed by atoms with Crippen molar-refractivity contribution in [1.29, 1.82) is 0 Å². The Bertz CT molecular complexity index is 717.